The minimum Gasteiger partial charge on any atom is -0.497 e. The first-order valence-electron chi connectivity index (χ1n) is 12.9. The van der Waals surface area contributed by atoms with Crippen molar-refractivity contribution in [2.45, 2.75) is 31.6 Å². The number of amides is 2. The van der Waals surface area contributed by atoms with Crippen LogP contribution in [0.15, 0.2) is 78.2 Å². The summed E-state index contributed by atoms with van der Waals surface area (Å²) < 4.78 is 16.3. The molecule has 5 rings (SSSR count). The predicted molar refractivity (Wildman–Crippen MR) is 154 cm³/mol. The van der Waals surface area contributed by atoms with Crippen molar-refractivity contribution in [1.29, 1.82) is 0 Å². The van der Waals surface area contributed by atoms with Crippen LogP contribution in [0.25, 0.3) is 0 Å². The molecule has 0 radical (unpaired) electrons. The summed E-state index contributed by atoms with van der Waals surface area (Å²) in [6.07, 6.45) is 3.34. The number of methoxy groups -OCH3 is 1. The van der Waals surface area contributed by atoms with Crippen molar-refractivity contribution in [2.75, 3.05) is 25.0 Å². The molecule has 0 spiro atoms. The number of nitrogens with one attached hydrogen (secondary N) is 1. The van der Waals surface area contributed by atoms with Gasteiger partial charge in [-0.05, 0) is 61.4 Å². The number of benzene rings is 2. The topological polar surface area (TPSA) is 116 Å². The lowest BCUT2D eigenvalue weighted by atomic mass is 10.0. The van der Waals surface area contributed by atoms with Crippen molar-refractivity contribution in [3.63, 3.8) is 0 Å². The summed E-state index contributed by atoms with van der Waals surface area (Å²) in [6, 6.07) is 16.8. The monoisotopic (exact) mass is 571 g/mol. The number of carbonyl (C=O) groups is 2. The second kappa shape index (κ2) is 12.7. The van der Waals surface area contributed by atoms with Gasteiger partial charge in [-0.1, -0.05) is 30.0 Å². The number of pyridine rings is 1. The number of nitrogens with zero attached hydrogens (tertiary/aromatic N) is 4. The van der Waals surface area contributed by atoms with Crippen LogP contribution < -0.4 is 19.5 Å². The second-order valence-corrected chi connectivity index (χ2v) is 10.3. The molecule has 2 aromatic heterocycles. The molecule has 0 bridgehead atoms. The van der Waals surface area contributed by atoms with Gasteiger partial charge in [-0.25, -0.2) is 9.97 Å². The Morgan fingerprint density at radius 2 is 1.83 bits per heavy atom. The van der Waals surface area contributed by atoms with Gasteiger partial charge in [-0.3, -0.25) is 14.6 Å². The molecule has 0 fully saturated rings. The Hall–Kier alpha value is -4.64. The molecular weight excluding hydrogens is 542 g/mol. The third-order valence-electron chi connectivity index (χ3n) is 6.29. The summed E-state index contributed by atoms with van der Waals surface area (Å²) in [6.45, 7) is 4.04. The normalized spacial score (nSPS) is 12.5. The number of aromatic nitrogens is 3. The molecule has 3 heterocycles. The van der Waals surface area contributed by atoms with Gasteiger partial charge < -0.3 is 24.4 Å². The number of aryl methyl sites for hydroxylation is 2. The number of hydrogen-bond acceptors (Lipinski definition) is 9. The van der Waals surface area contributed by atoms with Crippen LogP contribution in [0, 0.1) is 13.8 Å². The molecule has 10 nitrogen and oxygen atoms in total. The summed E-state index contributed by atoms with van der Waals surface area (Å²) >= 11 is 1.23. The number of carbonyl (C=O) groups excluding carboxylic acids is 2. The van der Waals surface area contributed by atoms with Crippen LogP contribution in [-0.4, -0.2) is 51.3 Å². The molecule has 0 aliphatic carbocycles. The fourth-order valence-corrected chi connectivity index (χ4v) is 5.28. The SMILES string of the molecule is COc1cccc(C(C(=O)Nc2ccc3c(c2)OCO3)N(Cc2cccnc2)C(=O)CSc2nc(C)cc(C)n2)c1. The highest BCUT2D eigenvalue weighted by Gasteiger charge is 2.32. The quantitative estimate of drug-likeness (QED) is 0.213. The van der Waals surface area contributed by atoms with Crippen molar-refractivity contribution in [1.82, 2.24) is 19.9 Å². The molecule has 11 heteroatoms. The Balaban J connectivity index is 1.49. The van der Waals surface area contributed by atoms with E-state index in [2.05, 4.69) is 20.3 Å². The van der Waals surface area contributed by atoms with Gasteiger partial charge >= 0.3 is 0 Å². The van der Waals surface area contributed by atoms with Crippen molar-refractivity contribution in [3.8, 4) is 17.2 Å². The number of hydrogen-bond donors (Lipinski definition) is 1. The molecule has 1 atom stereocenters. The summed E-state index contributed by atoms with van der Waals surface area (Å²) in [5.74, 6) is 1.06. The molecule has 41 heavy (non-hydrogen) atoms. The van der Waals surface area contributed by atoms with Crippen LogP contribution in [0.5, 0.6) is 17.2 Å². The number of ether oxygens (including phenoxy) is 3. The van der Waals surface area contributed by atoms with E-state index in [0.717, 1.165) is 17.0 Å². The molecule has 1 aliphatic heterocycles. The average Bonchev–Trinajstić information content (AvgIpc) is 3.44. The molecular formula is C30H29N5O5S. The molecule has 2 aromatic carbocycles. The third-order valence-corrected chi connectivity index (χ3v) is 7.12. The second-order valence-electron chi connectivity index (χ2n) is 9.34. The highest BCUT2D eigenvalue weighted by molar-refractivity contribution is 7.99. The van der Waals surface area contributed by atoms with E-state index in [0.29, 0.717) is 33.7 Å². The molecule has 4 aromatic rings. The lowest BCUT2D eigenvalue weighted by Crippen LogP contribution is -2.41. The summed E-state index contributed by atoms with van der Waals surface area (Å²) in [7, 11) is 1.56. The van der Waals surface area contributed by atoms with E-state index in [9.17, 15) is 9.59 Å². The van der Waals surface area contributed by atoms with Crippen LogP contribution in [0.3, 0.4) is 0 Å². The van der Waals surface area contributed by atoms with E-state index in [1.165, 1.54) is 11.8 Å². The lowest BCUT2D eigenvalue weighted by molar-refractivity contribution is -0.137. The maximum Gasteiger partial charge on any atom is 0.251 e. The third kappa shape index (κ3) is 6.93. The van der Waals surface area contributed by atoms with E-state index < -0.39 is 11.9 Å². The van der Waals surface area contributed by atoms with Gasteiger partial charge in [0.2, 0.25) is 12.7 Å². The van der Waals surface area contributed by atoms with Crippen molar-refractivity contribution in [2.24, 2.45) is 0 Å². The standard InChI is InChI=1S/C30H29N5O5S/c1-19-12-20(2)33-30(32-19)41-17-27(36)35(16-21-6-5-11-31-15-21)28(22-7-4-8-24(13-22)38-3)29(37)34-23-9-10-25-26(14-23)40-18-39-25/h4-15,28H,16-18H2,1-3H3,(H,34,37). The molecule has 1 N–H and O–H groups in total. The molecule has 0 saturated heterocycles. The fraction of sp³-hybridized carbons (Fsp3) is 0.233. The van der Waals surface area contributed by atoms with E-state index in [4.69, 9.17) is 14.2 Å². The molecule has 210 valence electrons. The van der Waals surface area contributed by atoms with E-state index in [1.54, 1.807) is 72.9 Å². The van der Waals surface area contributed by atoms with Gasteiger partial charge in [-0.15, -0.1) is 0 Å². The van der Waals surface area contributed by atoms with Crippen molar-refractivity contribution < 1.29 is 23.8 Å². The highest BCUT2D eigenvalue weighted by Crippen LogP contribution is 2.35. The van der Waals surface area contributed by atoms with Gasteiger partial charge in [-0.2, -0.15) is 0 Å². The van der Waals surface area contributed by atoms with Gasteiger partial charge in [0.15, 0.2) is 16.7 Å². The smallest absolute Gasteiger partial charge is 0.251 e. The minimum absolute atomic E-state index is 0.0287. The van der Waals surface area contributed by atoms with Gasteiger partial charge in [0, 0.05) is 42.1 Å². The van der Waals surface area contributed by atoms with Crippen LogP contribution in [0.4, 0.5) is 5.69 Å². The zero-order valence-corrected chi connectivity index (χ0v) is 23.7. The summed E-state index contributed by atoms with van der Waals surface area (Å²) in [4.78, 5) is 42.6. The number of thioether (sulfide) groups is 1. The van der Waals surface area contributed by atoms with E-state index in [1.807, 2.05) is 26.0 Å². The van der Waals surface area contributed by atoms with Crippen molar-refractivity contribution in [3.05, 3.63) is 95.6 Å². The largest absolute Gasteiger partial charge is 0.497 e. The zero-order chi connectivity index (χ0) is 28.8. The van der Waals surface area contributed by atoms with E-state index >= 15 is 0 Å². The molecule has 2 amide bonds. The fourth-order valence-electron chi connectivity index (χ4n) is 4.45. The maximum absolute atomic E-state index is 14.0. The Bertz CT molecular complexity index is 1530. The number of anilines is 1. The number of rotatable bonds is 10. The highest BCUT2D eigenvalue weighted by atomic mass is 32.2. The van der Waals surface area contributed by atoms with Gasteiger partial charge in [0.05, 0.1) is 12.9 Å². The Morgan fingerprint density at radius 1 is 1.02 bits per heavy atom. The predicted octanol–water partition coefficient (Wildman–Crippen LogP) is 4.73. The molecule has 1 unspecified atom stereocenters. The summed E-state index contributed by atoms with van der Waals surface area (Å²) in [5.41, 5.74) is 3.51. The van der Waals surface area contributed by atoms with Crippen LogP contribution in [0.1, 0.15) is 28.6 Å². The van der Waals surface area contributed by atoms with Crippen LogP contribution in [-0.2, 0) is 16.1 Å². The lowest BCUT2D eigenvalue weighted by Gasteiger charge is -2.31. The van der Waals surface area contributed by atoms with Crippen molar-refractivity contribution >= 4 is 29.3 Å². The van der Waals surface area contributed by atoms with Gasteiger partial charge in [0.1, 0.15) is 11.8 Å². The number of fused-ring (bicyclic) bond motifs is 1. The van der Waals surface area contributed by atoms with Crippen LogP contribution >= 0.6 is 11.8 Å². The Kier molecular flexibility index (Phi) is 8.64. The van der Waals surface area contributed by atoms with Gasteiger partial charge in [0.25, 0.3) is 5.91 Å². The first kappa shape index (κ1) is 27.9. The Labute approximate surface area is 242 Å². The minimum atomic E-state index is -0.996. The van der Waals surface area contributed by atoms with Crippen LogP contribution in [0.2, 0.25) is 0 Å². The van der Waals surface area contributed by atoms with E-state index in [-0.39, 0.29) is 25.0 Å². The average molecular weight is 572 g/mol. The maximum atomic E-state index is 14.0. The molecule has 0 saturated carbocycles. The Morgan fingerprint density at radius 3 is 2.59 bits per heavy atom. The first-order chi connectivity index (χ1) is 19.9. The zero-order valence-electron chi connectivity index (χ0n) is 22.9. The summed E-state index contributed by atoms with van der Waals surface area (Å²) in [5, 5.41) is 3.46. The first-order valence-corrected chi connectivity index (χ1v) is 13.9. The molecule has 1 aliphatic rings.